The zero-order chi connectivity index (χ0) is 19.2. The summed E-state index contributed by atoms with van der Waals surface area (Å²) in [7, 11) is 0. The fourth-order valence-electron chi connectivity index (χ4n) is 2.89. The molecule has 0 atom stereocenters. The van der Waals surface area contributed by atoms with E-state index in [1.165, 1.54) is 18.3 Å². The Morgan fingerprint density at radius 1 is 1.30 bits per heavy atom. The minimum absolute atomic E-state index is 0.0776. The molecule has 1 aromatic heterocycles. The maximum atomic E-state index is 14.2. The Morgan fingerprint density at radius 2 is 2.07 bits per heavy atom. The molecule has 0 unspecified atom stereocenters. The van der Waals surface area contributed by atoms with Gasteiger partial charge in [0.1, 0.15) is 5.75 Å². The quantitative estimate of drug-likeness (QED) is 0.841. The monoisotopic (exact) mass is 373 g/mol. The van der Waals surface area contributed by atoms with E-state index in [1.54, 1.807) is 29.3 Å². The molecule has 142 valence electrons. The Kier molecular flexibility index (Phi) is 5.85. The molecule has 0 radical (unpaired) electrons. The van der Waals surface area contributed by atoms with Crippen molar-refractivity contribution < 1.29 is 23.8 Å². The van der Waals surface area contributed by atoms with Gasteiger partial charge in [-0.3, -0.25) is 9.78 Å². The molecular weight excluding hydrogens is 353 g/mol. The molecule has 1 aliphatic rings. The summed E-state index contributed by atoms with van der Waals surface area (Å²) in [6.07, 6.45) is 3.97. The molecule has 1 aliphatic heterocycles. The van der Waals surface area contributed by atoms with Gasteiger partial charge in [-0.15, -0.1) is 0 Å². The number of amides is 2. The van der Waals surface area contributed by atoms with Gasteiger partial charge in [-0.2, -0.15) is 0 Å². The number of hydrogen-bond acceptors (Lipinski definition) is 4. The summed E-state index contributed by atoms with van der Waals surface area (Å²) in [6, 6.07) is 7.57. The highest BCUT2D eigenvalue weighted by molar-refractivity contribution is 5.75. The second-order valence-corrected chi connectivity index (χ2v) is 6.31. The minimum atomic E-state index is -0.820. The first-order valence-electron chi connectivity index (χ1n) is 8.65. The molecule has 0 spiro atoms. The second kappa shape index (κ2) is 8.48. The van der Waals surface area contributed by atoms with E-state index in [-0.39, 0.29) is 18.3 Å². The number of benzene rings is 1. The summed E-state index contributed by atoms with van der Waals surface area (Å²) in [6.45, 7) is 0.964. The second-order valence-electron chi connectivity index (χ2n) is 6.31. The molecule has 1 saturated heterocycles. The van der Waals surface area contributed by atoms with E-state index in [4.69, 9.17) is 9.84 Å². The number of aliphatic carboxylic acids is 1. The van der Waals surface area contributed by atoms with Crippen molar-refractivity contribution in [2.45, 2.75) is 19.4 Å². The lowest BCUT2D eigenvalue weighted by molar-refractivity contribution is -0.143. The number of nitrogens with one attached hydrogen (secondary N) is 1. The minimum Gasteiger partial charge on any atom is -0.481 e. The third kappa shape index (κ3) is 4.93. The smallest absolute Gasteiger partial charge is 0.317 e. The van der Waals surface area contributed by atoms with Crippen molar-refractivity contribution in [2.24, 2.45) is 5.92 Å². The number of carbonyl (C=O) groups is 2. The number of ether oxygens (including phenoxy) is 1. The van der Waals surface area contributed by atoms with Crippen LogP contribution < -0.4 is 10.1 Å². The SMILES string of the molecule is O=C(O)C1CCN(C(=O)NCc2ccc(Oc3cccnc3)c(F)c2)CC1. The normalized spacial score (nSPS) is 14.6. The van der Waals surface area contributed by atoms with Crippen LogP contribution in [0.4, 0.5) is 9.18 Å². The van der Waals surface area contributed by atoms with Gasteiger partial charge in [-0.1, -0.05) is 6.07 Å². The average Bonchev–Trinajstić information content (AvgIpc) is 2.69. The lowest BCUT2D eigenvalue weighted by Gasteiger charge is -2.30. The van der Waals surface area contributed by atoms with Crippen LogP contribution in [-0.4, -0.2) is 40.1 Å². The van der Waals surface area contributed by atoms with Crippen LogP contribution in [0.25, 0.3) is 0 Å². The zero-order valence-electron chi connectivity index (χ0n) is 14.6. The molecule has 3 rings (SSSR count). The first-order valence-corrected chi connectivity index (χ1v) is 8.65. The largest absolute Gasteiger partial charge is 0.481 e. The van der Waals surface area contributed by atoms with E-state index >= 15 is 0 Å². The molecule has 0 bridgehead atoms. The first kappa shape index (κ1) is 18.6. The van der Waals surface area contributed by atoms with Crippen LogP contribution in [0.5, 0.6) is 11.5 Å². The van der Waals surface area contributed by atoms with Gasteiger partial charge in [0.05, 0.1) is 12.1 Å². The third-order valence-corrected chi connectivity index (χ3v) is 4.43. The molecule has 2 aromatic rings. The van der Waals surface area contributed by atoms with Crippen molar-refractivity contribution in [3.8, 4) is 11.5 Å². The van der Waals surface area contributed by atoms with Gasteiger partial charge in [-0.05, 0) is 42.7 Å². The van der Waals surface area contributed by atoms with Gasteiger partial charge < -0.3 is 20.1 Å². The standard InChI is InChI=1S/C19H20FN3O4/c20-16-10-13(3-4-17(16)27-15-2-1-7-21-12-15)11-22-19(26)23-8-5-14(6-9-23)18(24)25/h1-4,7,10,12,14H,5-6,8-9,11H2,(H,22,26)(H,24,25). The van der Waals surface area contributed by atoms with Crippen molar-refractivity contribution in [3.05, 3.63) is 54.1 Å². The highest BCUT2D eigenvalue weighted by Crippen LogP contribution is 2.24. The number of carboxylic acid groups (broad SMARTS) is 1. The predicted octanol–water partition coefficient (Wildman–Crippen LogP) is 3.02. The van der Waals surface area contributed by atoms with Crippen LogP contribution in [0, 0.1) is 11.7 Å². The maximum absolute atomic E-state index is 14.2. The Bertz CT molecular complexity index is 808. The fourth-order valence-corrected chi connectivity index (χ4v) is 2.89. The van der Waals surface area contributed by atoms with Crippen molar-refractivity contribution in [1.82, 2.24) is 15.2 Å². The van der Waals surface area contributed by atoms with Gasteiger partial charge in [-0.25, -0.2) is 9.18 Å². The van der Waals surface area contributed by atoms with E-state index in [1.807, 2.05) is 0 Å². The Hall–Kier alpha value is -3.16. The Labute approximate surface area is 155 Å². The number of urea groups is 1. The lowest BCUT2D eigenvalue weighted by Crippen LogP contribution is -2.45. The van der Waals surface area contributed by atoms with Crippen LogP contribution in [0.1, 0.15) is 18.4 Å². The molecule has 0 saturated carbocycles. The third-order valence-electron chi connectivity index (χ3n) is 4.43. The number of carboxylic acids is 1. The van der Waals surface area contributed by atoms with Crippen molar-refractivity contribution >= 4 is 12.0 Å². The van der Waals surface area contributed by atoms with Crippen LogP contribution >= 0.6 is 0 Å². The van der Waals surface area contributed by atoms with Crippen LogP contribution in [-0.2, 0) is 11.3 Å². The molecule has 2 amide bonds. The highest BCUT2D eigenvalue weighted by Gasteiger charge is 2.26. The Morgan fingerprint density at radius 3 is 2.70 bits per heavy atom. The molecular formula is C19H20FN3O4. The molecule has 2 N–H and O–H groups in total. The number of likely N-dealkylation sites (tertiary alicyclic amines) is 1. The number of pyridine rings is 1. The Balaban J connectivity index is 1.52. The lowest BCUT2D eigenvalue weighted by atomic mass is 9.97. The number of carbonyl (C=O) groups excluding carboxylic acids is 1. The molecule has 1 fully saturated rings. The topological polar surface area (TPSA) is 91.8 Å². The number of nitrogens with zero attached hydrogens (tertiary/aromatic N) is 2. The van der Waals surface area contributed by atoms with E-state index in [2.05, 4.69) is 10.3 Å². The number of hydrogen-bond donors (Lipinski definition) is 2. The molecule has 0 aliphatic carbocycles. The summed E-state index contributed by atoms with van der Waals surface area (Å²) in [5.74, 6) is -1.24. The summed E-state index contributed by atoms with van der Waals surface area (Å²) in [5, 5.41) is 11.7. The summed E-state index contributed by atoms with van der Waals surface area (Å²) >= 11 is 0. The zero-order valence-corrected chi connectivity index (χ0v) is 14.6. The first-order chi connectivity index (χ1) is 13.0. The number of halogens is 1. The van der Waals surface area contributed by atoms with E-state index in [0.717, 1.165) is 0 Å². The van der Waals surface area contributed by atoms with Crippen molar-refractivity contribution in [2.75, 3.05) is 13.1 Å². The fraction of sp³-hybridized carbons (Fsp3) is 0.316. The molecule has 2 heterocycles. The molecule has 27 heavy (non-hydrogen) atoms. The summed E-state index contributed by atoms with van der Waals surface area (Å²) in [5.41, 5.74) is 0.597. The van der Waals surface area contributed by atoms with Gasteiger partial charge >= 0.3 is 12.0 Å². The number of rotatable bonds is 5. The van der Waals surface area contributed by atoms with Gasteiger partial charge in [0.15, 0.2) is 11.6 Å². The van der Waals surface area contributed by atoms with E-state index in [0.29, 0.717) is 37.2 Å². The number of piperidine rings is 1. The van der Waals surface area contributed by atoms with Crippen molar-refractivity contribution in [1.29, 1.82) is 0 Å². The molecule has 7 nitrogen and oxygen atoms in total. The average molecular weight is 373 g/mol. The van der Waals surface area contributed by atoms with Crippen LogP contribution in [0.2, 0.25) is 0 Å². The summed E-state index contributed by atoms with van der Waals surface area (Å²) < 4.78 is 19.6. The highest BCUT2D eigenvalue weighted by atomic mass is 19.1. The van der Waals surface area contributed by atoms with Crippen LogP contribution in [0.3, 0.4) is 0 Å². The number of aromatic nitrogens is 1. The summed E-state index contributed by atoms with van der Waals surface area (Å²) in [4.78, 5) is 28.6. The van der Waals surface area contributed by atoms with Crippen LogP contribution in [0.15, 0.2) is 42.7 Å². The van der Waals surface area contributed by atoms with Gasteiger partial charge in [0, 0.05) is 25.8 Å². The van der Waals surface area contributed by atoms with Crippen molar-refractivity contribution in [3.63, 3.8) is 0 Å². The van der Waals surface area contributed by atoms with Gasteiger partial charge in [0.2, 0.25) is 0 Å². The predicted molar refractivity (Wildman–Crippen MR) is 94.9 cm³/mol. The maximum Gasteiger partial charge on any atom is 0.317 e. The molecule has 8 heteroatoms. The van der Waals surface area contributed by atoms with E-state index < -0.39 is 17.7 Å². The molecule has 1 aromatic carbocycles. The van der Waals surface area contributed by atoms with Gasteiger partial charge in [0.25, 0.3) is 0 Å². The van der Waals surface area contributed by atoms with E-state index in [9.17, 15) is 14.0 Å².